The number of pyridine rings is 2. The molecule has 0 fully saturated rings. The van der Waals surface area contributed by atoms with Crippen LogP contribution in [0.3, 0.4) is 0 Å². The second kappa shape index (κ2) is 5.08. The number of rotatable bonds is 2. The van der Waals surface area contributed by atoms with Crippen molar-refractivity contribution >= 4 is 22.5 Å². The van der Waals surface area contributed by atoms with Crippen LogP contribution in [-0.4, -0.2) is 9.55 Å². The van der Waals surface area contributed by atoms with E-state index in [1.165, 1.54) is 21.4 Å². The molecule has 0 spiro atoms. The Morgan fingerprint density at radius 3 is 2.82 bits per heavy atom. The largest absolute Gasteiger partial charge is 0.282 e. The molecule has 0 aliphatic rings. The van der Waals surface area contributed by atoms with Crippen molar-refractivity contribution in [3.05, 3.63) is 52.6 Å². The van der Waals surface area contributed by atoms with Gasteiger partial charge >= 0.3 is 0 Å². The molecule has 2 heterocycles. The van der Waals surface area contributed by atoms with Crippen LogP contribution in [0.5, 0.6) is 0 Å². The van der Waals surface area contributed by atoms with Crippen molar-refractivity contribution in [2.24, 2.45) is 0 Å². The average Bonchev–Trinajstić information content (AvgIpc) is 2.39. The van der Waals surface area contributed by atoms with Crippen molar-refractivity contribution in [3.63, 3.8) is 0 Å². The van der Waals surface area contributed by atoms with Gasteiger partial charge in [-0.3, -0.25) is 9.36 Å². The third-order valence-corrected chi connectivity index (χ3v) is 3.15. The van der Waals surface area contributed by atoms with Crippen molar-refractivity contribution in [2.75, 3.05) is 0 Å². The second-order valence-corrected chi connectivity index (χ2v) is 4.30. The summed E-state index contributed by atoms with van der Waals surface area (Å²) < 4.78 is 1.39. The molecule has 2 aromatic rings. The molecule has 0 amide bonds. The van der Waals surface area contributed by atoms with E-state index in [4.69, 9.17) is 5.26 Å². The van der Waals surface area contributed by atoms with E-state index < -0.39 is 0 Å². The lowest BCUT2D eigenvalue weighted by atomic mass is 10.3. The number of hydrogen-bond acceptors (Lipinski definition) is 5. The zero-order valence-corrected chi connectivity index (χ0v) is 10.3. The fraction of sp³-hybridized carbons (Fsp3) is 0. The van der Waals surface area contributed by atoms with Crippen LogP contribution < -0.4 is 5.56 Å². The summed E-state index contributed by atoms with van der Waals surface area (Å²) >= 11 is 4.03. The van der Waals surface area contributed by atoms with Crippen LogP contribution in [0.4, 0.5) is 0 Å². The summed E-state index contributed by atoms with van der Waals surface area (Å²) in [5, 5.41) is 9.53. The lowest BCUT2D eigenvalue weighted by Gasteiger charge is -2.05. The summed E-state index contributed by atoms with van der Waals surface area (Å²) in [6, 6.07) is 8.52. The summed E-state index contributed by atoms with van der Waals surface area (Å²) in [5.74, 6) is 0. The van der Waals surface area contributed by atoms with Gasteiger partial charge in [0.2, 0.25) is 0 Å². The van der Waals surface area contributed by atoms with Crippen molar-refractivity contribution in [2.45, 2.75) is 5.03 Å². The average molecular weight is 261 g/mol. The van der Waals surface area contributed by atoms with Crippen molar-refractivity contribution < 1.29 is 0 Å². The topological polar surface area (TPSA) is 58.7 Å². The molecule has 2 aromatic heterocycles. The first-order chi connectivity index (χ1) is 8.26. The van der Waals surface area contributed by atoms with Gasteiger partial charge in [-0.25, -0.2) is 4.98 Å². The Balaban J connectivity index is 2.54. The maximum absolute atomic E-state index is 11.8. The van der Waals surface area contributed by atoms with Crippen molar-refractivity contribution in [3.8, 4) is 11.8 Å². The predicted octanol–water partition coefficient (Wildman–Crippen LogP) is 2.04. The monoisotopic (exact) mass is 261 g/mol. The van der Waals surface area contributed by atoms with Crippen LogP contribution in [0.1, 0.15) is 5.56 Å². The third kappa shape index (κ3) is 2.35. The van der Waals surface area contributed by atoms with E-state index in [2.05, 4.69) is 16.6 Å². The van der Waals surface area contributed by atoms with Crippen LogP contribution in [0, 0.1) is 11.3 Å². The van der Waals surface area contributed by atoms with Gasteiger partial charge in [0.05, 0.1) is 11.9 Å². The number of aromatic nitrogens is 2. The van der Waals surface area contributed by atoms with Gasteiger partial charge in [-0.05, 0) is 35.1 Å². The van der Waals surface area contributed by atoms with Gasteiger partial charge in [0.1, 0.15) is 16.7 Å². The Morgan fingerprint density at radius 1 is 1.41 bits per heavy atom. The van der Waals surface area contributed by atoms with E-state index in [0.717, 1.165) is 5.03 Å². The highest BCUT2D eigenvalue weighted by Gasteiger charge is 2.04. The van der Waals surface area contributed by atoms with E-state index in [9.17, 15) is 4.79 Å². The number of nitriles is 1. The van der Waals surface area contributed by atoms with Gasteiger partial charge in [-0.2, -0.15) is 5.26 Å². The van der Waals surface area contributed by atoms with Crippen LogP contribution in [-0.2, 0) is 0 Å². The van der Waals surface area contributed by atoms with Crippen LogP contribution >= 0.6 is 22.5 Å². The Kier molecular flexibility index (Phi) is 3.52. The molecule has 84 valence electrons. The molecule has 0 bridgehead atoms. The molecule has 0 N–H and O–H groups in total. The fourth-order valence-electron chi connectivity index (χ4n) is 1.35. The maximum atomic E-state index is 11.8. The second-order valence-electron chi connectivity index (χ2n) is 3.15. The molecule has 4 nitrogen and oxygen atoms in total. The molecular weight excluding hydrogens is 254 g/mol. The number of thiol groups is 1. The predicted molar refractivity (Wildman–Crippen MR) is 69.4 cm³/mol. The minimum atomic E-state index is -0.344. The molecule has 0 saturated carbocycles. The maximum Gasteiger partial charge on any atom is 0.273 e. The Morgan fingerprint density at radius 2 is 2.24 bits per heavy atom. The quantitative estimate of drug-likeness (QED) is 0.664. The van der Waals surface area contributed by atoms with Gasteiger partial charge in [0.25, 0.3) is 5.56 Å². The van der Waals surface area contributed by atoms with E-state index in [1.54, 1.807) is 30.6 Å². The minimum absolute atomic E-state index is 0.111. The number of nitrogens with zero attached hydrogens (tertiary/aromatic N) is 3. The molecule has 0 aliphatic heterocycles. The Labute approximate surface area is 107 Å². The molecule has 17 heavy (non-hydrogen) atoms. The summed E-state index contributed by atoms with van der Waals surface area (Å²) in [7, 11) is 1.23. The zero-order chi connectivity index (χ0) is 12.3. The summed E-state index contributed by atoms with van der Waals surface area (Å²) in [6.45, 7) is 0. The first-order valence-corrected chi connectivity index (χ1v) is 6.53. The summed E-state index contributed by atoms with van der Waals surface area (Å²) in [6.07, 6.45) is 3.18. The Bertz CT molecular complexity index is 628. The lowest BCUT2D eigenvalue weighted by Crippen LogP contribution is -2.19. The molecule has 2 rings (SSSR count). The van der Waals surface area contributed by atoms with Gasteiger partial charge in [-0.15, -0.1) is 11.7 Å². The first kappa shape index (κ1) is 11.8. The Hall–Kier alpha value is -1.71. The van der Waals surface area contributed by atoms with Crippen LogP contribution in [0.25, 0.3) is 5.69 Å². The molecule has 6 heteroatoms. The van der Waals surface area contributed by atoms with E-state index in [-0.39, 0.29) is 11.1 Å². The molecule has 0 saturated heterocycles. The highest BCUT2D eigenvalue weighted by Crippen LogP contribution is 2.18. The van der Waals surface area contributed by atoms with Gasteiger partial charge < -0.3 is 0 Å². The minimum Gasteiger partial charge on any atom is -0.282 e. The lowest BCUT2D eigenvalue weighted by molar-refractivity contribution is 0.957. The molecule has 0 unspecified atom stereocenters. The van der Waals surface area contributed by atoms with Gasteiger partial charge in [0.15, 0.2) is 0 Å². The highest BCUT2D eigenvalue weighted by molar-refractivity contribution is 8.68. The molecule has 0 radical (unpaired) electrons. The van der Waals surface area contributed by atoms with E-state index in [0.29, 0.717) is 5.69 Å². The van der Waals surface area contributed by atoms with Gasteiger partial charge in [0, 0.05) is 6.20 Å². The molecular formula is C11H7N3OS2. The first-order valence-electron chi connectivity index (χ1n) is 4.66. The zero-order valence-electron chi connectivity index (χ0n) is 8.57. The third-order valence-electron chi connectivity index (χ3n) is 2.16. The molecule has 0 aliphatic carbocycles. The van der Waals surface area contributed by atoms with Gasteiger partial charge in [-0.1, -0.05) is 0 Å². The SMILES string of the molecule is N#Cc1cccn(-c2ccc(SS)nc2)c1=O. The fourth-order valence-corrected chi connectivity index (χ4v) is 1.90. The normalized spacial score (nSPS) is 9.88. The standard InChI is InChI=1S/C11H7N3OS2/c12-6-8-2-1-5-14(11(8)15)9-3-4-10(17-16)13-7-9/h1-5,7,16H. The van der Waals surface area contributed by atoms with Crippen LogP contribution in [0.2, 0.25) is 0 Å². The molecule has 0 aromatic carbocycles. The van der Waals surface area contributed by atoms with Crippen molar-refractivity contribution in [1.82, 2.24) is 9.55 Å². The van der Waals surface area contributed by atoms with Crippen LogP contribution in [0.15, 0.2) is 46.5 Å². The van der Waals surface area contributed by atoms with E-state index >= 15 is 0 Å². The molecule has 0 atom stereocenters. The summed E-state index contributed by atoms with van der Waals surface area (Å²) in [5.41, 5.74) is 0.390. The smallest absolute Gasteiger partial charge is 0.273 e. The van der Waals surface area contributed by atoms with E-state index in [1.807, 2.05) is 6.07 Å². The summed E-state index contributed by atoms with van der Waals surface area (Å²) in [4.78, 5) is 16.0. The number of hydrogen-bond donors (Lipinski definition) is 1. The highest BCUT2D eigenvalue weighted by atomic mass is 33.1. The van der Waals surface area contributed by atoms with Crippen molar-refractivity contribution in [1.29, 1.82) is 5.26 Å².